The van der Waals surface area contributed by atoms with E-state index < -0.39 is 0 Å². The van der Waals surface area contributed by atoms with E-state index in [1.807, 2.05) is 42.5 Å². The van der Waals surface area contributed by atoms with Crippen LogP contribution in [0.15, 0.2) is 54.9 Å². The Kier molecular flexibility index (Phi) is 6.95. The van der Waals surface area contributed by atoms with Gasteiger partial charge in [-0.1, -0.05) is 30.3 Å². The zero-order valence-corrected chi connectivity index (χ0v) is 13.9. The van der Waals surface area contributed by atoms with Gasteiger partial charge in [-0.2, -0.15) is 0 Å². The second-order valence-corrected chi connectivity index (χ2v) is 5.39. The molecule has 24 heavy (non-hydrogen) atoms. The van der Waals surface area contributed by atoms with Crippen molar-refractivity contribution in [1.29, 1.82) is 0 Å². The van der Waals surface area contributed by atoms with Gasteiger partial charge in [0, 0.05) is 25.5 Å². The Morgan fingerprint density at radius 3 is 2.42 bits per heavy atom. The van der Waals surface area contributed by atoms with Crippen molar-refractivity contribution >= 4 is 11.9 Å². The molecule has 0 spiro atoms. The van der Waals surface area contributed by atoms with Gasteiger partial charge in [-0.05, 0) is 30.2 Å². The molecule has 1 aromatic carbocycles. The topological polar surface area (TPSA) is 59.5 Å². The molecule has 5 nitrogen and oxygen atoms in total. The number of hydrogen-bond donors (Lipinski definition) is 0. The first-order valence-corrected chi connectivity index (χ1v) is 8.05. The van der Waals surface area contributed by atoms with Crippen LogP contribution < -0.4 is 0 Å². The Bertz CT molecular complexity index is 644. The van der Waals surface area contributed by atoms with Gasteiger partial charge in [0.25, 0.3) is 0 Å². The molecule has 1 amide bonds. The van der Waals surface area contributed by atoms with E-state index >= 15 is 0 Å². The van der Waals surface area contributed by atoms with Gasteiger partial charge in [-0.15, -0.1) is 0 Å². The molecule has 1 heterocycles. The van der Waals surface area contributed by atoms with Crippen LogP contribution in [-0.2, 0) is 27.3 Å². The van der Waals surface area contributed by atoms with Gasteiger partial charge in [0.2, 0.25) is 5.91 Å². The van der Waals surface area contributed by atoms with Crippen LogP contribution in [0.4, 0.5) is 0 Å². The number of pyridine rings is 1. The summed E-state index contributed by atoms with van der Waals surface area (Å²) in [5.74, 6) is -0.299. The van der Waals surface area contributed by atoms with Crippen molar-refractivity contribution in [1.82, 2.24) is 9.88 Å². The van der Waals surface area contributed by atoms with Crippen LogP contribution in [0.25, 0.3) is 0 Å². The van der Waals surface area contributed by atoms with Crippen molar-refractivity contribution < 1.29 is 14.3 Å². The normalized spacial score (nSPS) is 10.2. The molecule has 126 valence electrons. The van der Waals surface area contributed by atoms with Crippen LogP contribution in [0.5, 0.6) is 0 Å². The summed E-state index contributed by atoms with van der Waals surface area (Å²) >= 11 is 0. The number of rotatable bonds is 8. The number of nitrogens with zero attached hydrogens (tertiary/aromatic N) is 2. The molecule has 0 saturated carbocycles. The molecule has 0 N–H and O–H groups in total. The lowest BCUT2D eigenvalue weighted by Crippen LogP contribution is -2.34. The zero-order valence-electron chi connectivity index (χ0n) is 13.9. The predicted octanol–water partition coefficient (Wildman–Crippen LogP) is 2.61. The highest BCUT2D eigenvalue weighted by molar-refractivity contribution is 5.79. The summed E-state index contributed by atoms with van der Waals surface area (Å²) in [7, 11) is 0. The fourth-order valence-electron chi connectivity index (χ4n) is 2.34. The molecule has 0 fully saturated rings. The van der Waals surface area contributed by atoms with E-state index in [1.54, 1.807) is 24.2 Å². The van der Waals surface area contributed by atoms with E-state index in [9.17, 15) is 9.59 Å². The van der Waals surface area contributed by atoms with E-state index in [0.29, 0.717) is 26.1 Å². The number of benzene rings is 1. The molecule has 2 aromatic rings. The van der Waals surface area contributed by atoms with Gasteiger partial charge in [-0.25, -0.2) is 0 Å². The quantitative estimate of drug-likeness (QED) is 0.700. The van der Waals surface area contributed by atoms with Crippen molar-refractivity contribution in [2.45, 2.75) is 26.3 Å². The van der Waals surface area contributed by atoms with Gasteiger partial charge >= 0.3 is 5.97 Å². The van der Waals surface area contributed by atoms with Crippen molar-refractivity contribution in [3.8, 4) is 0 Å². The summed E-state index contributed by atoms with van der Waals surface area (Å²) in [6, 6.07) is 13.3. The number of carbonyl (C=O) groups is 2. The second-order valence-electron chi connectivity index (χ2n) is 5.39. The second kappa shape index (κ2) is 9.45. The minimum atomic E-state index is -0.287. The smallest absolute Gasteiger partial charge is 0.307 e. The predicted molar refractivity (Wildman–Crippen MR) is 91.1 cm³/mol. The van der Waals surface area contributed by atoms with Crippen LogP contribution in [0.1, 0.15) is 24.5 Å². The molecule has 0 bridgehead atoms. The number of aromatic nitrogens is 1. The molecule has 0 atom stereocenters. The maximum Gasteiger partial charge on any atom is 0.307 e. The third-order valence-corrected chi connectivity index (χ3v) is 3.56. The summed E-state index contributed by atoms with van der Waals surface area (Å²) in [4.78, 5) is 29.9. The maximum absolute atomic E-state index is 12.6. The lowest BCUT2D eigenvalue weighted by molar-refractivity contribution is -0.144. The van der Waals surface area contributed by atoms with E-state index in [2.05, 4.69) is 4.98 Å². The average Bonchev–Trinajstić information content (AvgIpc) is 2.60. The standard InChI is InChI=1S/C19H22N2O3/c1-2-24-19(23)10-13-21(15-17-8-11-20-12-9-17)18(22)14-16-6-4-3-5-7-16/h3-9,11-12H,2,10,13-15H2,1H3. The van der Waals surface area contributed by atoms with Crippen LogP contribution in [0.3, 0.4) is 0 Å². The Morgan fingerprint density at radius 2 is 1.75 bits per heavy atom. The maximum atomic E-state index is 12.6. The van der Waals surface area contributed by atoms with Crippen molar-refractivity contribution in [3.05, 3.63) is 66.0 Å². The molecular weight excluding hydrogens is 304 g/mol. The molecular formula is C19H22N2O3. The highest BCUT2D eigenvalue weighted by Crippen LogP contribution is 2.09. The Morgan fingerprint density at radius 1 is 1.04 bits per heavy atom. The highest BCUT2D eigenvalue weighted by Gasteiger charge is 2.16. The first-order chi connectivity index (χ1) is 11.7. The molecule has 0 aliphatic carbocycles. The largest absolute Gasteiger partial charge is 0.466 e. The first kappa shape index (κ1) is 17.7. The van der Waals surface area contributed by atoms with Crippen LogP contribution in [0.2, 0.25) is 0 Å². The molecule has 0 aliphatic rings. The number of amides is 1. The number of hydrogen-bond acceptors (Lipinski definition) is 4. The Labute approximate surface area is 142 Å². The fourth-order valence-corrected chi connectivity index (χ4v) is 2.34. The van der Waals surface area contributed by atoms with E-state index in [4.69, 9.17) is 4.74 Å². The Hall–Kier alpha value is -2.69. The summed E-state index contributed by atoms with van der Waals surface area (Å²) in [6.45, 7) is 2.91. The molecule has 1 aromatic heterocycles. The van der Waals surface area contributed by atoms with E-state index in [0.717, 1.165) is 11.1 Å². The third kappa shape index (κ3) is 5.83. The Balaban J connectivity index is 2.03. The van der Waals surface area contributed by atoms with E-state index in [1.165, 1.54) is 0 Å². The monoisotopic (exact) mass is 326 g/mol. The van der Waals surface area contributed by atoms with Gasteiger partial charge in [0.1, 0.15) is 0 Å². The number of carbonyl (C=O) groups excluding carboxylic acids is 2. The summed E-state index contributed by atoms with van der Waals surface area (Å²) in [6.07, 6.45) is 3.90. The average molecular weight is 326 g/mol. The van der Waals surface area contributed by atoms with Gasteiger partial charge in [0.15, 0.2) is 0 Å². The lowest BCUT2D eigenvalue weighted by Gasteiger charge is -2.22. The minimum Gasteiger partial charge on any atom is -0.466 e. The van der Waals surface area contributed by atoms with Gasteiger partial charge < -0.3 is 9.64 Å². The number of ether oxygens (including phenoxy) is 1. The van der Waals surface area contributed by atoms with Crippen molar-refractivity contribution in [2.75, 3.05) is 13.2 Å². The minimum absolute atomic E-state index is 0.0117. The van der Waals surface area contributed by atoms with Crippen LogP contribution in [-0.4, -0.2) is 34.9 Å². The number of esters is 1. The molecule has 0 aliphatic heterocycles. The van der Waals surface area contributed by atoms with Crippen molar-refractivity contribution in [2.24, 2.45) is 0 Å². The van der Waals surface area contributed by atoms with Gasteiger partial charge in [-0.3, -0.25) is 14.6 Å². The molecule has 0 radical (unpaired) electrons. The molecule has 2 rings (SSSR count). The fraction of sp³-hybridized carbons (Fsp3) is 0.316. The van der Waals surface area contributed by atoms with Crippen LogP contribution in [0, 0.1) is 0 Å². The first-order valence-electron chi connectivity index (χ1n) is 8.05. The van der Waals surface area contributed by atoms with Gasteiger partial charge in [0.05, 0.1) is 19.4 Å². The molecule has 5 heteroatoms. The summed E-state index contributed by atoms with van der Waals surface area (Å²) < 4.78 is 4.95. The summed E-state index contributed by atoms with van der Waals surface area (Å²) in [5, 5.41) is 0. The van der Waals surface area contributed by atoms with E-state index in [-0.39, 0.29) is 18.3 Å². The highest BCUT2D eigenvalue weighted by atomic mass is 16.5. The molecule has 0 unspecified atom stereocenters. The lowest BCUT2D eigenvalue weighted by atomic mass is 10.1. The molecule has 0 saturated heterocycles. The zero-order chi connectivity index (χ0) is 17.2. The summed E-state index contributed by atoms with van der Waals surface area (Å²) in [5.41, 5.74) is 1.94. The SMILES string of the molecule is CCOC(=O)CCN(Cc1ccncc1)C(=O)Cc1ccccc1. The third-order valence-electron chi connectivity index (χ3n) is 3.56. The van der Waals surface area contributed by atoms with Crippen molar-refractivity contribution in [3.63, 3.8) is 0 Å². The van der Waals surface area contributed by atoms with Crippen LogP contribution >= 0.6 is 0 Å².